The van der Waals surface area contributed by atoms with Gasteiger partial charge in [-0.05, 0) is 49.9 Å². The van der Waals surface area contributed by atoms with Crippen LogP contribution in [0.2, 0.25) is 0 Å². The molecule has 0 spiro atoms. The summed E-state index contributed by atoms with van der Waals surface area (Å²) >= 11 is 2.00. The highest BCUT2D eigenvalue weighted by atomic mass is 32.1. The first-order valence-corrected chi connectivity index (χ1v) is 11.6. The van der Waals surface area contributed by atoms with Gasteiger partial charge >= 0.3 is 0 Å². The molecule has 2 aliphatic rings. The van der Waals surface area contributed by atoms with Crippen molar-refractivity contribution in [2.24, 2.45) is 5.41 Å². The predicted octanol–water partition coefficient (Wildman–Crippen LogP) is 3.65. The molecule has 0 saturated carbocycles. The van der Waals surface area contributed by atoms with Gasteiger partial charge in [-0.1, -0.05) is 27.2 Å². The fourth-order valence-corrected chi connectivity index (χ4v) is 5.59. The molecule has 0 bridgehead atoms. The molecule has 0 aliphatic carbocycles. The van der Waals surface area contributed by atoms with Crippen LogP contribution in [-0.4, -0.2) is 71.7 Å². The molecule has 0 radical (unpaired) electrons. The molecular weight excluding hydrogens is 354 g/mol. The number of piperidine rings is 1. The quantitative estimate of drug-likeness (QED) is 0.766. The van der Waals surface area contributed by atoms with E-state index in [1.54, 1.807) is 0 Å². The summed E-state index contributed by atoms with van der Waals surface area (Å²) in [5, 5.41) is 9.52. The minimum Gasteiger partial charge on any atom is -0.396 e. The van der Waals surface area contributed by atoms with E-state index in [-0.39, 0.29) is 6.61 Å². The van der Waals surface area contributed by atoms with Gasteiger partial charge in [0.05, 0.1) is 0 Å². The number of likely N-dealkylation sites (tertiary alicyclic amines) is 1. The molecule has 0 aromatic carbocycles. The first-order valence-electron chi connectivity index (χ1n) is 10.8. The molecule has 27 heavy (non-hydrogen) atoms. The molecule has 1 N–H and O–H groups in total. The molecule has 1 atom stereocenters. The van der Waals surface area contributed by atoms with Crippen LogP contribution in [-0.2, 0) is 13.1 Å². The third kappa shape index (κ3) is 6.82. The average molecular weight is 394 g/mol. The molecule has 0 unspecified atom stereocenters. The van der Waals surface area contributed by atoms with Crippen LogP contribution in [0.3, 0.4) is 0 Å². The summed E-state index contributed by atoms with van der Waals surface area (Å²) in [7, 11) is 0. The van der Waals surface area contributed by atoms with E-state index in [2.05, 4.69) is 47.6 Å². The minimum atomic E-state index is 0.290. The second-order valence-corrected chi connectivity index (χ2v) is 10.9. The maximum absolute atomic E-state index is 9.52. The highest BCUT2D eigenvalue weighted by Crippen LogP contribution is 2.25. The number of hydrogen-bond donors (Lipinski definition) is 1. The SMILES string of the molecule is CC(C)(C)CN1CCN(Cc2ccc(CN3CCCCC3)s2)C[C@H]1CCO. The minimum absolute atomic E-state index is 0.290. The Balaban J connectivity index is 1.52. The molecule has 3 rings (SSSR count). The molecule has 2 aliphatic heterocycles. The number of hydrogen-bond acceptors (Lipinski definition) is 5. The molecule has 2 saturated heterocycles. The van der Waals surface area contributed by atoms with Crippen molar-refractivity contribution >= 4 is 11.3 Å². The van der Waals surface area contributed by atoms with Crippen molar-refractivity contribution in [2.45, 2.75) is 65.6 Å². The van der Waals surface area contributed by atoms with E-state index in [0.29, 0.717) is 11.5 Å². The number of aliphatic hydroxyl groups excluding tert-OH is 1. The second-order valence-electron chi connectivity index (χ2n) is 9.64. The van der Waals surface area contributed by atoms with Crippen LogP contribution in [0.15, 0.2) is 12.1 Å². The van der Waals surface area contributed by atoms with Gasteiger partial charge in [-0.2, -0.15) is 0 Å². The van der Waals surface area contributed by atoms with Crippen LogP contribution in [0, 0.1) is 5.41 Å². The van der Waals surface area contributed by atoms with Gasteiger partial charge in [0.25, 0.3) is 0 Å². The number of nitrogens with zero attached hydrogens (tertiary/aromatic N) is 3. The van der Waals surface area contributed by atoms with Crippen LogP contribution >= 0.6 is 11.3 Å². The smallest absolute Gasteiger partial charge is 0.0446 e. The molecule has 2 fully saturated rings. The zero-order valence-corrected chi connectivity index (χ0v) is 18.4. The van der Waals surface area contributed by atoms with Crippen LogP contribution in [0.1, 0.15) is 56.2 Å². The Bertz CT molecular complexity index is 562. The molecule has 1 aromatic rings. The van der Waals surface area contributed by atoms with E-state index in [9.17, 15) is 5.11 Å². The summed E-state index contributed by atoms with van der Waals surface area (Å²) < 4.78 is 0. The lowest BCUT2D eigenvalue weighted by atomic mass is 9.94. The fourth-order valence-electron chi connectivity index (χ4n) is 4.49. The first kappa shape index (κ1) is 21.3. The molecule has 1 aromatic heterocycles. The summed E-state index contributed by atoms with van der Waals surface area (Å²) in [6.07, 6.45) is 5.02. The largest absolute Gasteiger partial charge is 0.396 e. The number of aliphatic hydroxyl groups is 1. The molecule has 5 heteroatoms. The third-order valence-corrected chi connectivity index (χ3v) is 6.81. The standard InChI is InChI=1S/C22H39N3OS/c1-22(2,3)18-25-13-12-24(15-19(25)9-14-26)17-21-8-7-20(27-21)16-23-10-5-4-6-11-23/h7-8,19,26H,4-6,9-18H2,1-3H3/t19-/m1/s1. The van der Waals surface area contributed by atoms with E-state index in [4.69, 9.17) is 0 Å². The third-order valence-electron chi connectivity index (χ3n) is 5.75. The zero-order valence-electron chi connectivity index (χ0n) is 17.6. The van der Waals surface area contributed by atoms with E-state index in [0.717, 1.165) is 45.7 Å². The Hall–Kier alpha value is -0.460. The van der Waals surface area contributed by atoms with E-state index in [1.807, 2.05) is 11.3 Å². The highest BCUT2D eigenvalue weighted by Gasteiger charge is 2.29. The predicted molar refractivity (Wildman–Crippen MR) is 115 cm³/mol. The van der Waals surface area contributed by atoms with E-state index in [1.165, 1.54) is 42.1 Å². The Morgan fingerprint density at radius 3 is 2.26 bits per heavy atom. The molecular formula is C22H39N3OS. The molecule has 154 valence electrons. The van der Waals surface area contributed by atoms with Crippen LogP contribution in [0.5, 0.6) is 0 Å². The Morgan fingerprint density at radius 1 is 0.963 bits per heavy atom. The molecule has 3 heterocycles. The van der Waals surface area contributed by atoms with Crippen molar-refractivity contribution in [2.75, 3.05) is 45.9 Å². The first-order chi connectivity index (χ1) is 12.9. The van der Waals surface area contributed by atoms with Crippen molar-refractivity contribution in [3.05, 3.63) is 21.9 Å². The number of thiophene rings is 1. The summed E-state index contributed by atoms with van der Waals surface area (Å²) in [4.78, 5) is 10.8. The second kappa shape index (κ2) is 9.84. The van der Waals surface area contributed by atoms with Crippen molar-refractivity contribution in [1.82, 2.24) is 14.7 Å². The molecule has 0 amide bonds. The Labute approximate surface area is 170 Å². The van der Waals surface area contributed by atoms with Crippen molar-refractivity contribution in [1.29, 1.82) is 0 Å². The lowest BCUT2D eigenvalue weighted by molar-refractivity contribution is 0.0344. The lowest BCUT2D eigenvalue weighted by Gasteiger charge is -2.43. The monoisotopic (exact) mass is 393 g/mol. The van der Waals surface area contributed by atoms with Gasteiger partial charge in [0, 0.05) is 61.7 Å². The normalized spacial score (nSPS) is 23.8. The van der Waals surface area contributed by atoms with Crippen LogP contribution in [0.4, 0.5) is 0 Å². The van der Waals surface area contributed by atoms with Crippen LogP contribution in [0.25, 0.3) is 0 Å². The van der Waals surface area contributed by atoms with Gasteiger partial charge in [0.1, 0.15) is 0 Å². The van der Waals surface area contributed by atoms with Gasteiger partial charge in [-0.15, -0.1) is 11.3 Å². The number of rotatable bonds is 7. The van der Waals surface area contributed by atoms with Gasteiger partial charge in [0.2, 0.25) is 0 Å². The topological polar surface area (TPSA) is 30.0 Å². The highest BCUT2D eigenvalue weighted by molar-refractivity contribution is 7.11. The zero-order chi connectivity index (χ0) is 19.3. The van der Waals surface area contributed by atoms with Crippen molar-refractivity contribution < 1.29 is 5.11 Å². The fraction of sp³-hybridized carbons (Fsp3) is 0.818. The average Bonchev–Trinajstić information content (AvgIpc) is 3.04. The summed E-state index contributed by atoms with van der Waals surface area (Å²) in [6.45, 7) is 16.4. The van der Waals surface area contributed by atoms with Crippen LogP contribution < -0.4 is 0 Å². The Kier molecular flexibility index (Phi) is 7.74. The van der Waals surface area contributed by atoms with E-state index < -0.39 is 0 Å². The summed E-state index contributed by atoms with van der Waals surface area (Å²) in [5.74, 6) is 0. The van der Waals surface area contributed by atoms with Gasteiger partial charge in [0.15, 0.2) is 0 Å². The van der Waals surface area contributed by atoms with E-state index >= 15 is 0 Å². The maximum Gasteiger partial charge on any atom is 0.0446 e. The molecule has 4 nitrogen and oxygen atoms in total. The lowest BCUT2D eigenvalue weighted by Crippen LogP contribution is -2.54. The summed E-state index contributed by atoms with van der Waals surface area (Å²) in [5.41, 5.74) is 0.312. The van der Waals surface area contributed by atoms with Crippen molar-refractivity contribution in [3.63, 3.8) is 0 Å². The Morgan fingerprint density at radius 2 is 1.63 bits per heavy atom. The number of piperazine rings is 1. The summed E-state index contributed by atoms with van der Waals surface area (Å²) in [6, 6.07) is 5.16. The van der Waals surface area contributed by atoms with Gasteiger partial charge in [-0.3, -0.25) is 14.7 Å². The van der Waals surface area contributed by atoms with Crippen molar-refractivity contribution in [3.8, 4) is 0 Å². The maximum atomic E-state index is 9.52. The van der Waals surface area contributed by atoms with Gasteiger partial charge < -0.3 is 5.11 Å². The van der Waals surface area contributed by atoms with Gasteiger partial charge in [-0.25, -0.2) is 0 Å².